The fraction of sp³-hybridized carbons (Fsp3) is 0.533. The lowest BCUT2D eigenvalue weighted by Gasteiger charge is -2.11. The Hall–Kier alpha value is -1.01. The van der Waals surface area contributed by atoms with E-state index < -0.39 is 18.4 Å². The van der Waals surface area contributed by atoms with Crippen molar-refractivity contribution in [2.24, 2.45) is 0 Å². The third-order valence-corrected chi connectivity index (χ3v) is 2.93. The number of aliphatic hydroxyl groups excluding tert-OH is 1. The zero-order valence-corrected chi connectivity index (χ0v) is 14.4. The van der Waals surface area contributed by atoms with E-state index in [1.807, 2.05) is 0 Å². The van der Waals surface area contributed by atoms with Gasteiger partial charge in [-0.1, -0.05) is 36.5 Å². The monoisotopic (exact) mass is 352 g/mol. The van der Waals surface area contributed by atoms with E-state index in [1.165, 1.54) is 19.1 Å². The van der Waals surface area contributed by atoms with E-state index in [9.17, 15) is 4.79 Å². The first-order valence-corrected chi connectivity index (χ1v) is 7.67. The number of aliphatic hydroxyl groups is 1. The molecule has 0 radical (unpaired) electrons. The van der Waals surface area contributed by atoms with Crippen molar-refractivity contribution in [3.05, 3.63) is 28.2 Å². The van der Waals surface area contributed by atoms with Gasteiger partial charge in [0.05, 0.1) is 5.02 Å². The van der Waals surface area contributed by atoms with Crippen LogP contribution in [0.3, 0.4) is 0 Å². The van der Waals surface area contributed by atoms with Crippen LogP contribution in [0, 0.1) is 0 Å². The molecule has 0 fully saturated rings. The Morgan fingerprint density at radius 3 is 2.41 bits per heavy atom. The smallest absolute Gasteiger partial charge is 0.344 e. The minimum absolute atomic E-state index is 0.297. The van der Waals surface area contributed by atoms with Gasteiger partial charge in [0.25, 0.3) is 0 Å². The number of unbranched alkanes of at least 4 members (excludes halogenated alkanes) is 1. The zero-order chi connectivity index (χ0) is 17.1. The lowest BCUT2D eigenvalue weighted by atomic mass is 10.3. The minimum Gasteiger partial charge on any atom is -0.479 e. The van der Waals surface area contributed by atoms with Crippen LogP contribution in [0.25, 0.3) is 0 Å². The molecule has 0 aliphatic rings. The standard InChI is InChI=1S/C9H8Cl2O3.C6H14O2/c1-5(9(12)13)14-8-3-2-6(10)4-7(8)11;1-3-4-5-8-6(2)7/h2-5H,1H3,(H,12,13);6-7H,3-5H2,1-2H3. The number of hydrogen-bond acceptors (Lipinski definition) is 4. The highest BCUT2D eigenvalue weighted by molar-refractivity contribution is 6.35. The molecular formula is C15H22Cl2O5. The summed E-state index contributed by atoms with van der Waals surface area (Å²) in [4.78, 5) is 10.5. The van der Waals surface area contributed by atoms with Gasteiger partial charge in [-0.2, -0.15) is 0 Å². The minimum atomic E-state index is -1.05. The molecule has 0 spiro atoms. The molecule has 1 aromatic carbocycles. The van der Waals surface area contributed by atoms with Crippen LogP contribution >= 0.6 is 23.2 Å². The van der Waals surface area contributed by atoms with E-state index in [0.29, 0.717) is 22.4 Å². The van der Waals surface area contributed by atoms with Crippen molar-refractivity contribution < 1.29 is 24.5 Å². The highest BCUT2D eigenvalue weighted by Gasteiger charge is 2.14. The van der Waals surface area contributed by atoms with Gasteiger partial charge in [-0.15, -0.1) is 0 Å². The average molecular weight is 353 g/mol. The molecule has 0 aliphatic heterocycles. The van der Waals surface area contributed by atoms with Gasteiger partial charge in [-0.25, -0.2) is 4.79 Å². The summed E-state index contributed by atoms with van der Waals surface area (Å²) in [5.74, 6) is -0.734. The maximum atomic E-state index is 10.5. The highest BCUT2D eigenvalue weighted by Crippen LogP contribution is 2.28. The van der Waals surface area contributed by atoms with Crippen LogP contribution in [-0.2, 0) is 9.53 Å². The first-order valence-electron chi connectivity index (χ1n) is 6.92. The van der Waals surface area contributed by atoms with Crippen LogP contribution in [-0.4, -0.2) is 35.2 Å². The molecule has 126 valence electrons. The lowest BCUT2D eigenvalue weighted by Crippen LogP contribution is -2.22. The van der Waals surface area contributed by atoms with E-state index in [1.54, 1.807) is 13.0 Å². The van der Waals surface area contributed by atoms with Crippen LogP contribution in [0.2, 0.25) is 10.0 Å². The van der Waals surface area contributed by atoms with Gasteiger partial charge in [-0.05, 0) is 38.5 Å². The molecule has 1 rings (SSSR count). The molecule has 2 N–H and O–H groups in total. The summed E-state index contributed by atoms with van der Waals surface area (Å²) >= 11 is 11.4. The summed E-state index contributed by atoms with van der Waals surface area (Å²) in [6, 6.07) is 4.61. The molecule has 1 aromatic rings. The molecule has 2 unspecified atom stereocenters. The van der Waals surface area contributed by atoms with Crippen molar-refractivity contribution in [2.75, 3.05) is 6.61 Å². The van der Waals surface area contributed by atoms with Crippen molar-refractivity contribution >= 4 is 29.2 Å². The van der Waals surface area contributed by atoms with E-state index in [-0.39, 0.29) is 0 Å². The number of hydrogen-bond donors (Lipinski definition) is 2. The molecule has 2 atom stereocenters. The number of aliphatic carboxylic acids is 1. The zero-order valence-electron chi connectivity index (χ0n) is 12.9. The second kappa shape index (κ2) is 11.5. The summed E-state index contributed by atoms with van der Waals surface area (Å²) in [6.45, 7) is 5.81. The Balaban J connectivity index is 0.000000472. The first kappa shape index (κ1) is 21.0. The topological polar surface area (TPSA) is 76.0 Å². The van der Waals surface area contributed by atoms with Crippen LogP contribution in [0.15, 0.2) is 18.2 Å². The van der Waals surface area contributed by atoms with E-state index in [0.717, 1.165) is 12.8 Å². The van der Waals surface area contributed by atoms with Gasteiger partial charge in [0.15, 0.2) is 12.4 Å². The fourth-order valence-corrected chi connectivity index (χ4v) is 1.66. The Labute approximate surface area is 140 Å². The predicted octanol–water partition coefficient (Wildman–Crippen LogP) is 3.99. The number of halogens is 2. The number of rotatable bonds is 7. The third kappa shape index (κ3) is 9.84. The number of benzene rings is 1. The normalized spacial score (nSPS) is 12.8. The Bertz CT molecular complexity index is 452. The second-order valence-corrected chi connectivity index (χ2v) is 5.34. The molecule has 5 nitrogen and oxygen atoms in total. The number of carboxylic acid groups (broad SMARTS) is 1. The summed E-state index contributed by atoms with van der Waals surface area (Å²) in [7, 11) is 0. The summed E-state index contributed by atoms with van der Waals surface area (Å²) in [6.07, 6.45) is 0.618. The van der Waals surface area contributed by atoms with E-state index in [2.05, 4.69) is 6.92 Å². The van der Waals surface area contributed by atoms with Crippen LogP contribution < -0.4 is 4.74 Å². The van der Waals surface area contributed by atoms with Crippen LogP contribution in [0.5, 0.6) is 5.75 Å². The molecule has 0 saturated heterocycles. The fourth-order valence-electron chi connectivity index (χ4n) is 1.21. The largest absolute Gasteiger partial charge is 0.479 e. The molecule has 0 amide bonds. The SMILES string of the molecule is CC(Oc1ccc(Cl)cc1Cl)C(=O)O.CCCCOC(C)O. The maximum Gasteiger partial charge on any atom is 0.344 e. The quantitative estimate of drug-likeness (QED) is 0.573. The molecule has 0 heterocycles. The van der Waals surface area contributed by atoms with Gasteiger partial charge in [0.1, 0.15) is 5.75 Å². The number of ether oxygens (including phenoxy) is 2. The Morgan fingerprint density at radius 1 is 1.32 bits per heavy atom. The highest BCUT2D eigenvalue weighted by atomic mass is 35.5. The van der Waals surface area contributed by atoms with Crippen molar-refractivity contribution in [1.29, 1.82) is 0 Å². The Morgan fingerprint density at radius 2 is 1.95 bits per heavy atom. The molecule has 22 heavy (non-hydrogen) atoms. The molecule has 0 bridgehead atoms. The summed E-state index contributed by atoms with van der Waals surface area (Å²) in [5.41, 5.74) is 0. The average Bonchev–Trinajstić information content (AvgIpc) is 2.42. The molecular weight excluding hydrogens is 331 g/mol. The summed E-state index contributed by atoms with van der Waals surface area (Å²) in [5, 5.41) is 17.9. The third-order valence-electron chi connectivity index (χ3n) is 2.40. The molecule has 0 aromatic heterocycles. The molecule has 0 saturated carbocycles. The predicted molar refractivity (Wildman–Crippen MR) is 86.7 cm³/mol. The molecule has 0 aliphatic carbocycles. The van der Waals surface area contributed by atoms with Crippen LogP contribution in [0.1, 0.15) is 33.6 Å². The number of carbonyl (C=O) groups is 1. The van der Waals surface area contributed by atoms with E-state index >= 15 is 0 Å². The van der Waals surface area contributed by atoms with Crippen molar-refractivity contribution in [3.8, 4) is 5.75 Å². The van der Waals surface area contributed by atoms with Gasteiger partial charge >= 0.3 is 5.97 Å². The van der Waals surface area contributed by atoms with Crippen molar-refractivity contribution in [1.82, 2.24) is 0 Å². The van der Waals surface area contributed by atoms with Crippen LogP contribution in [0.4, 0.5) is 0 Å². The van der Waals surface area contributed by atoms with Gasteiger partial charge < -0.3 is 19.7 Å². The van der Waals surface area contributed by atoms with E-state index in [4.69, 9.17) is 42.9 Å². The second-order valence-electron chi connectivity index (χ2n) is 4.50. The van der Waals surface area contributed by atoms with Gasteiger partial charge in [-0.3, -0.25) is 0 Å². The summed E-state index contributed by atoms with van der Waals surface area (Å²) < 4.78 is 9.91. The van der Waals surface area contributed by atoms with Gasteiger partial charge in [0, 0.05) is 11.6 Å². The van der Waals surface area contributed by atoms with Crippen molar-refractivity contribution in [3.63, 3.8) is 0 Å². The van der Waals surface area contributed by atoms with Gasteiger partial charge in [0.2, 0.25) is 0 Å². The maximum absolute atomic E-state index is 10.5. The first-order chi connectivity index (χ1) is 10.3. The molecule has 7 heteroatoms. The number of carboxylic acids is 1. The van der Waals surface area contributed by atoms with Crippen molar-refractivity contribution in [2.45, 2.75) is 46.0 Å². The Kier molecular flexibility index (Phi) is 11.0. The lowest BCUT2D eigenvalue weighted by molar-refractivity contribution is -0.144.